The Hall–Kier alpha value is -1.76. The van der Waals surface area contributed by atoms with Gasteiger partial charge in [0.2, 0.25) is 5.91 Å². The van der Waals surface area contributed by atoms with Gasteiger partial charge in [0.1, 0.15) is 0 Å². The summed E-state index contributed by atoms with van der Waals surface area (Å²) < 4.78 is 23.0. The molecule has 7 heteroatoms. The van der Waals surface area contributed by atoms with Gasteiger partial charge in [-0.15, -0.1) is 0 Å². The molecule has 0 aromatic heterocycles. The molecule has 1 unspecified atom stereocenters. The van der Waals surface area contributed by atoms with Crippen LogP contribution in [0.5, 0.6) is 0 Å². The fraction of sp³-hybridized carbons (Fsp3) is 0.533. The van der Waals surface area contributed by atoms with Gasteiger partial charge >= 0.3 is 0 Å². The first-order chi connectivity index (χ1) is 10.3. The number of benzene rings is 1. The number of amides is 1. The third kappa shape index (κ3) is 4.13. The molecule has 1 amide bonds. The Balaban J connectivity index is 1.87. The number of hydrogen-bond donors (Lipinski definition) is 1. The summed E-state index contributed by atoms with van der Waals surface area (Å²) in [7, 11) is 2.64. The fourth-order valence-electron chi connectivity index (χ4n) is 2.46. The topological polar surface area (TPSA) is 69.7 Å². The first-order valence-corrected chi connectivity index (χ1v) is 9.08. The van der Waals surface area contributed by atoms with Crippen LogP contribution in [0.2, 0.25) is 0 Å². The van der Waals surface area contributed by atoms with Gasteiger partial charge in [-0.2, -0.15) is 0 Å². The number of hydrogen-bond acceptors (Lipinski definition) is 5. The van der Waals surface area contributed by atoms with Crippen molar-refractivity contribution < 1.29 is 13.2 Å². The normalized spacial score (nSPS) is 19.7. The largest absolute Gasteiger partial charge is 0.378 e. The van der Waals surface area contributed by atoms with Crippen molar-refractivity contribution in [2.24, 2.45) is 0 Å². The molecule has 1 aromatic carbocycles. The van der Waals surface area contributed by atoms with E-state index >= 15 is 0 Å². The molecule has 1 N–H and O–H groups in total. The second-order valence-electron chi connectivity index (χ2n) is 5.86. The summed E-state index contributed by atoms with van der Waals surface area (Å²) in [6, 6.07) is 7.58. The van der Waals surface area contributed by atoms with Crippen LogP contribution >= 0.6 is 0 Å². The average Bonchev–Trinajstić information content (AvgIpc) is 2.84. The van der Waals surface area contributed by atoms with E-state index < -0.39 is 9.84 Å². The van der Waals surface area contributed by atoms with Crippen LogP contribution in [0, 0.1) is 0 Å². The second kappa shape index (κ2) is 6.56. The number of nitrogens with one attached hydrogen (secondary N) is 1. The molecule has 22 heavy (non-hydrogen) atoms. The summed E-state index contributed by atoms with van der Waals surface area (Å²) in [5.41, 5.74) is 1.96. The van der Waals surface area contributed by atoms with Crippen LogP contribution in [0.4, 0.5) is 11.4 Å². The monoisotopic (exact) mass is 325 g/mol. The molecule has 0 radical (unpaired) electrons. The number of likely N-dealkylation sites (N-methyl/N-ethyl adjacent to an activating group) is 1. The van der Waals surface area contributed by atoms with Crippen LogP contribution < -0.4 is 10.2 Å². The predicted molar refractivity (Wildman–Crippen MR) is 89.1 cm³/mol. The van der Waals surface area contributed by atoms with E-state index in [0.29, 0.717) is 6.42 Å². The first-order valence-electron chi connectivity index (χ1n) is 7.26. The summed E-state index contributed by atoms with van der Waals surface area (Å²) in [6.07, 6.45) is 0.530. The van der Waals surface area contributed by atoms with Gasteiger partial charge < -0.3 is 15.1 Å². The number of rotatable bonds is 5. The highest BCUT2D eigenvalue weighted by molar-refractivity contribution is 7.91. The van der Waals surface area contributed by atoms with Gasteiger partial charge in [-0.05, 0) is 30.7 Å². The van der Waals surface area contributed by atoms with Crippen molar-refractivity contribution in [3.8, 4) is 0 Å². The molecule has 1 saturated heterocycles. The lowest BCUT2D eigenvalue weighted by Gasteiger charge is -2.23. The van der Waals surface area contributed by atoms with Crippen molar-refractivity contribution in [3.63, 3.8) is 0 Å². The fourth-order valence-corrected chi connectivity index (χ4v) is 4.24. The maximum absolute atomic E-state index is 12.1. The highest BCUT2D eigenvalue weighted by Crippen LogP contribution is 2.18. The Labute approximate surface area is 132 Å². The number of sulfone groups is 1. The number of carbonyl (C=O) groups is 1. The van der Waals surface area contributed by atoms with Gasteiger partial charge in [0, 0.05) is 38.6 Å². The van der Waals surface area contributed by atoms with Crippen molar-refractivity contribution in [3.05, 3.63) is 24.3 Å². The molecule has 1 aliphatic rings. The molecule has 1 atom stereocenters. The molecule has 0 saturated carbocycles. The van der Waals surface area contributed by atoms with E-state index in [-0.39, 0.29) is 30.0 Å². The first kappa shape index (κ1) is 16.6. The molecule has 0 spiro atoms. The van der Waals surface area contributed by atoms with E-state index in [1.165, 1.54) is 0 Å². The van der Waals surface area contributed by atoms with Crippen molar-refractivity contribution in [2.45, 2.75) is 12.5 Å². The standard InChI is InChI=1S/C15H23N3O3S/c1-17(2)13-6-4-12(5-7-13)16-10-15(19)18(3)14-8-9-22(20,21)11-14/h4-7,14,16H,8-11H2,1-3H3. The highest BCUT2D eigenvalue weighted by atomic mass is 32.2. The van der Waals surface area contributed by atoms with Crippen LogP contribution in [0.3, 0.4) is 0 Å². The molecule has 0 aliphatic carbocycles. The lowest BCUT2D eigenvalue weighted by atomic mass is 10.2. The number of carbonyl (C=O) groups excluding carboxylic acids is 1. The van der Waals surface area contributed by atoms with Crippen LogP contribution in [-0.4, -0.2) is 64.5 Å². The minimum absolute atomic E-state index is 0.0762. The maximum atomic E-state index is 12.1. The van der Waals surface area contributed by atoms with E-state index in [0.717, 1.165) is 11.4 Å². The predicted octanol–water partition coefficient (Wildman–Crippen LogP) is 0.810. The van der Waals surface area contributed by atoms with E-state index in [9.17, 15) is 13.2 Å². The zero-order valence-corrected chi connectivity index (χ0v) is 14.1. The van der Waals surface area contributed by atoms with Gasteiger partial charge in [-0.3, -0.25) is 4.79 Å². The third-order valence-electron chi connectivity index (χ3n) is 3.98. The quantitative estimate of drug-likeness (QED) is 0.867. The molecular formula is C15H23N3O3S. The molecular weight excluding hydrogens is 302 g/mol. The maximum Gasteiger partial charge on any atom is 0.241 e. The number of anilines is 2. The molecule has 1 heterocycles. The van der Waals surface area contributed by atoms with Crippen LogP contribution in [0.25, 0.3) is 0 Å². The van der Waals surface area contributed by atoms with Crippen LogP contribution in [-0.2, 0) is 14.6 Å². The summed E-state index contributed by atoms with van der Waals surface area (Å²) in [5.74, 6) is 0.153. The van der Waals surface area contributed by atoms with E-state index in [1.807, 2.05) is 43.3 Å². The van der Waals surface area contributed by atoms with Gasteiger partial charge in [0.25, 0.3) is 0 Å². The van der Waals surface area contributed by atoms with E-state index in [4.69, 9.17) is 0 Å². The smallest absolute Gasteiger partial charge is 0.241 e. The van der Waals surface area contributed by atoms with Crippen molar-refractivity contribution in [1.82, 2.24) is 4.90 Å². The molecule has 2 rings (SSSR count). The molecule has 6 nitrogen and oxygen atoms in total. The van der Waals surface area contributed by atoms with Gasteiger partial charge in [0.15, 0.2) is 9.84 Å². The minimum atomic E-state index is -2.97. The molecule has 1 aliphatic heterocycles. The van der Waals surface area contributed by atoms with Crippen LogP contribution in [0.15, 0.2) is 24.3 Å². The van der Waals surface area contributed by atoms with E-state index in [1.54, 1.807) is 11.9 Å². The van der Waals surface area contributed by atoms with Crippen molar-refractivity contribution in [1.29, 1.82) is 0 Å². The van der Waals surface area contributed by atoms with Crippen molar-refractivity contribution in [2.75, 3.05) is 49.4 Å². The van der Waals surface area contributed by atoms with Gasteiger partial charge in [0.05, 0.1) is 18.1 Å². The lowest BCUT2D eigenvalue weighted by Crippen LogP contribution is -2.40. The summed E-state index contributed by atoms with van der Waals surface area (Å²) in [4.78, 5) is 15.7. The van der Waals surface area contributed by atoms with Crippen LogP contribution in [0.1, 0.15) is 6.42 Å². The zero-order chi connectivity index (χ0) is 16.3. The summed E-state index contributed by atoms with van der Waals surface area (Å²) in [6.45, 7) is 0.161. The second-order valence-corrected chi connectivity index (χ2v) is 8.09. The Morgan fingerprint density at radius 1 is 1.23 bits per heavy atom. The van der Waals surface area contributed by atoms with Gasteiger partial charge in [-0.25, -0.2) is 8.42 Å². The average molecular weight is 325 g/mol. The molecule has 1 aromatic rings. The SMILES string of the molecule is CN(C)c1ccc(NCC(=O)N(C)C2CCS(=O)(=O)C2)cc1. The Bertz CT molecular complexity index is 626. The minimum Gasteiger partial charge on any atom is -0.378 e. The Kier molecular flexibility index (Phi) is 4.95. The highest BCUT2D eigenvalue weighted by Gasteiger charge is 2.32. The molecule has 0 bridgehead atoms. The van der Waals surface area contributed by atoms with E-state index in [2.05, 4.69) is 5.32 Å². The van der Waals surface area contributed by atoms with Crippen molar-refractivity contribution >= 4 is 27.1 Å². The lowest BCUT2D eigenvalue weighted by molar-refractivity contribution is -0.129. The number of nitrogens with zero attached hydrogens (tertiary/aromatic N) is 2. The van der Waals surface area contributed by atoms with Gasteiger partial charge in [-0.1, -0.05) is 0 Å². The Morgan fingerprint density at radius 3 is 2.36 bits per heavy atom. The third-order valence-corrected chi connectivity index (χ3v) is 5.73. The molecule has 122 valence electrons. The molecule has 1 fully saturated rings. The summed E-state index contributed by atoms with van der Waals surface area (Å²) >= 11 is 0. The Morgan fingerprint density at radius 2 is 1.86 bits per heavy atom. The summed E-state index contributed by atoms with van der Waals surface area (Å²) in [5, 5.41) is 3.08. The zero-order valence-electron chi connectivity index (χ0n) is 13.2.